The first-order valence-electron chi connectivity index (χ1n) is 10.4. The number of pyridine rings is 1. The van der Waals surface area contributed by atoms with Crippen molar-refractivity contribution in [1.82, 2.24) is 14.5 Å². The molecule has 1 saturated heterocycles. The normalized spacial score (nSPS) is 18.8. The van der Waals surface area contributed by atoms with Crippen molar-refractivity contribution < 1.29 is 19.7 Å². The Bertz CT molecular complexity index is 1380. The van der Waals surface area contributed by atoms with Crippen molar-refractivity contribution >= 4 is 27.6 Å². The number of benzene rings is 2. The zero-order valence-corrected chi connectivity index (χ0v) is 17.1. The van der Waals surface area contributed by atoms with Crippen molar-refractivity contribution in [3.05, 3.63) is 82.2 Å². The molecule has 1 aliphatic heterocycles. The Hall–Kier alpha value is -3.62. The first-order chi connectivity index (χ1) is 15.5. The average molecular weight is 431 g/mol. The summed E-state index contributed by atoms with van der Waals surface area (Å²) in [6, 6.07) is 12.4. The second-order valence-corrected chi connectivity index (χ2v) is 7.97. The average Bonchev–Trinajstić information content (AvgIpc) is 2.81. The molecule has 32 heavy (non-hydrogen) atoms. The fourth-order valence-corrected chi connectivity index (χ4v) is 4.34. The molecule has 2 atom stereocenters. The lowest BCUT2D eigenvalue weighted by Gasteiger charge is -2.29. The van der Waals surface area contributed by atoms with Crippen molar-refractivity contribution in [2.45, 2.75) is 25.0 Å². The SMILES string of the molecule is O=C(O)c1ccc(Cc2cc3c(=O)n(C4CCOCC4O)cnc3c3ccccc23)cn1. The first-order valence-corrected chi connectivity index (χ1v) is 10.4. The van der Waals surface area contributed by atoms with Crippen molar-refractivity contribution in [3.63, 3.8) is 0 Å². The minimum Gasteiger partial charge on any atom is -0.477 e. The van der Waals surface area contributed by atoms with Gasteiger partial charge in [-0.1, -0.05) is 30.3 Å². The van der Waals surface area contributed by atoms with Gasteiger partial charge in [0.25, 0.3) is 5.56 Å². The van der Waals surface area contributed by atoms with E-state index in [4.69, 9.17) is 9.84 Å². The molecule has 2 aromatic carbocycles. The number of rotatable bonds is 4. The largest absolute Gasteiger partial charge is 0.477 e. The Morgan fingerprint density at radius 2 is 1.94 bits per heavy atom. The molecule has 0 amide bonds. The summed E-state index contributed by atoms with van der Waals surface area (Å²) in [7, 11) is 0. The number of fused-ring (bicyclic) bond motifs is 3. The van der Waals surface area contributed by atoms with E-state index >= 15 is 0 Å². The number of nitrogens with zero attached hydrogens (tertiary/aromatic N) is 3. The van der Waals surface area contributed by atoms with Crippen LogP contribution in [0.3, 0.4) is 0 Å². The molecule has 162 valence electrons. The highest BCUT2D eigenvalue weighted by Crippen LogP contribution is 2.28. The van der Waals surface area contributed by atoms with Crippen LogP contribution in [0.1, 0.15) is 34.1 Å². The van der Waals surface area contributed by atoms with Crippen LogP contribution in [0.15, 0.2) is 59.8 Å². The van der Waals surface area contributed by atoms with Crippen LogP contribution in [0, 0.1) is 0 Å². The lowest BCUT2D eigenvalue weighted by atomic mass is 9.96. The lowest BCUT2D eigenvalue weighted by Crippen LogP contribution is -2.39. The highest BCUT2D eigenvalue weighted by Gasteiger charge is 2.27. The minimum atomic E-state index is -1.07. The van der Waals surface area contributed by atoms with Gasteiger partial charge >= 0.3 is 5.97 Å². The number of carboxylic acids is 1. The molecule has 0 radical (unpaired) electrons. The summed E-state index contributed by atoms with van der Waals surface area (Å²) in [5.41, 5.74) is 2.16. The van der Waals surface area contributed by atoms with E-state index < -0.39 is 12.1 Å². The van der Waals surface area contributed by atoms with Gasteiger partial charge in [-0.2, -0.15) is 0 Å². The number of hydrogen-bond donors (Lipinski definition) is 2. The molecule has 4 aromatic rings. The Morgan fingerprint density at radius 3 is 2.66 bits per heavy atom. The van der Waals surface area contributed by atoms with E-state index in [1.54, 1.807) is 12.3 Å². The summed E-state index contributed by atoms with van der Waals surface area (Å²) in [6.45, 7) is 0.673. The van der Waals surface area contributed by atoms with Crippen molar-refractivity contribution in [1.29, 1.82) is 0 Å². The number of hydrogen-bond acceptors (Lipinski definition) is 6. The van der Waals surface area contributed by atoms with Gasteiger partial charge in [0.1, 0.15) is 5.69 Å². The molecular weight excluding hydrogens is 410 g/mol. The topological polar surface area (TPSA) is 115 Å². The predicted octanol–water partition coefficient (Wildman–Crippen LogP) is 2.56. The summed E-state index contributed by atoms with van der Waals surface area (Å²) in [6.07, 6.45) is 3.32. The van der Waals surface area contributed by atoms with E-state index in [0.717, 1.165) is 21.9 Å². The second-order valence-electron chi connectivity index (χ2n) is 7.97. The zero-order valence-electron chi connectivity index (χ0n) is 17.1. The van der Waals surface area contributed by atoms with Crippen LogP contribution in [-0.2, 0) is 11.2 Å². The first kappa shape index (κ1) is 20.3. The number of ether oxygens (including phenoxy) is 1. The molecule has 8 nitrogen and oxygen atoms in total. The Labute approximate surface area is 182 Å². The van der Waals surface area contributed by atoms with Gasteiger partial charge in [-0.3, -0.25) is 9.36 Å². The summed E-state index contributed by atoms with van der Waals surface area (Å²) in [5.74, 6) is -1.07. The van der Waals surface area contributed by atoms with E-state index in [1.807, 2.05) is 30.3 Å². The van der Waals surface area contributed by atoms with Crippen molar-refractivity contribution in [3.8, 4) is 0 Å². The molecule has 5 rings (SSSR count). The highest BCUT2D eigenvalue weighted by molar-refractivity contribution is 6.06. The molecule has 0 spiro atoms. The minimum absolute atomic E-state index is 0.0146. The summed E-state index contributed by atoms with van der Waals surface area (Å²) >= 11 is 0. The van der Waals surface area contributed by atoms with Gasteiger partial charge in [-0.15, -0.1) is 0 Å². The zero-order chi connectivity index (χ0) is 22.2. The maximum atomic E-state index is 13.4. The molecule has 2 aromatic heterocycles. The predicted molar refractivity (Wildman–Crippen MR) is 118 cm³/mol. The monoisotopic (exact) mass is 431 g/mol. The van der Waals surface area contributed by atoms with Gasteiger partial charge in [-0.25, -0.2) is 14.8 Å². The second kappa shape index (κ2) is 8.14. The molecule has 1 fully saturated rings. The summed E-state index contributed by atoms with van der Waals surface area (Å²) < 4.78 is 6.81. The number of aromatic carboxylic acids is 1. The number of aliphatic hydroxyl groups is 1. The molecule has 0 aliphatic carbocycles. The molecule has 8 heteroatoms. The van der Waals surface area contributed by atoms with Crippen LogP contribution in [0.25, 0.3) is 21.7 Å². The van der Waals surface area contributed by atoms with E-state index in [9.17, 15) is 14.7 Å². The Morgan fingerprint density at radius 1 is 1.12 bits per heavy atom. The van der Waals surface area contributed by atoms with Gasteiger partial charge < -0.3 is 14.9 Å². The Balaban J connectivity index is 1.65. The fraction of sp³-hybridized carbons (Fsp3) is 0.250. The third kappa shape index (κ3) is 3.53. The van der Waals surface area contributed by atoms with Crippen LogP contribution in [0.4, 0.5) is 0 Å². The quantitative estimate of drug-likeness (QED) is 0.477. The smallest absolute Gasteiger partial charge is 0.354 e. The molecule has 0 bridgehead atoms. The lowest BCUT2D eigenvalue weighted by molar-refractivity contribution is -0.0395. The Kier molecular flexibility index (Phi) is 5.16. The van der Waals surface area contributed by atoms with E-state index in [-0.39, 0.29) is 23.9 Å². The van der Waals surface area contributed by atoms with Gasteiger partial charge in [0, 0.05) is 18.2 Å². The van der Waals surface area contributed by atoms with Crippen LogP contribution in [0.2, 0.25) is 0 Å². The molecule has 0 saturated carbocycles. The van der Waals surface area contributed by atoms with Crippen LogP contribution < -0.4 is 5.56 Å². The number of aromatic nitrogens is 3. The molecule has 2 unspecified atom stereocenters. The van der Waals surface area contributed by atoms with Gasteiger partial charge in [0.15, 0.2) is 0 Å². The van der Waals surface area contributed by atoms with Crippen LogP contribution >= 0.6 is 0 Å². The molecule has 1 aliphatic rings. The molecule has 3 heterocycles. The van der Waals surface area contributed by atoms with E-state index in [2.05, 4.69) is 9.97 Å². The van der Waals surface area contributed by atoms with Gasteiger partial charge in [-0.05, 0) is 41.5 Å². The van der Waals surface area contributed by atoms with Crippen LogP contribution in [0.5, 0.6) is 0 Å². The maximum absolute atomic E-state index is 13.4. The van der Waals surface area contributed by atoms with Gasteiger partial charge in [0.2, 0.25) is 0 Å². The number of carboxylic acid groups (broad SMARTS) is 1. The highest BCUT2D eigenvalue weighted by atomic mass is 16.5. The van der Waals surface area contributed by atoms with Crippen molar-refractivity contribution in [2.24, 2.45) is 0 Å². The maximum Gasteiger partial charge on any atom is 0.354 e. The van der Waals surface area contributed by atoms with E-state index in [0.29, 0.717) is 30.4 Å². The number of carbonyl (C=O) groups is 1. The fourth-order valence-electron chi connectivity index (χ4n) is 4.34. The van der Waals surface area contributed by atoms with Gasteiger partial charge in [0.05, 0.1) is 36.0 Å². The van der Waals surface area contributed by atoms with Crippen LogP contribution in [-0.4, -0.2) is 50.0 Å². The summed E-state index contributed by atoms with van der Waals surface area (Å²) in [5, 5.41) is 21.7. The van der Waals surface area contributed by atoms with Crippen molar-refractivity contribution in [2.75, 3.05) is 13.2 Å². The molecular formula is C24H21N3O5. The third-order valence-electron chi connectivity index (χ3n) is 5.96. The number of aliphatic hydroxyl groups excluding tert-OH is 1. The standard InChI is InChI=1S/C24H21N3O5/c28-21-12-32-8-7-20(21)27-13-26-22-17-4-2-1-3-16(17)15(10-18(22)23(27)29)9-14-5-6-19(24(30)31)25-11-14/h1-6,10-11,13,20-21,28H,7-9,12H2,(H,30,31). The third-order valence-corrected chi connectivity index (χ3v) is 5.96. The summed E-state index contributed by atoms with van der Waals surface area (Å²) in [4.78, 5) is 33.1. The van der Waals surface area contributed by atoms with E-state index in [1.165, 1.54) is 17.0 Å². The molecule has 2 N–H and O–H groups in total.